The van der Waals surface area contributed by atoms with Gasteiger partial charge in [-0.15, -0.1) is 0 Å². The maximum atomic E-state index is 4.71. The average Bonchev–Trinajstić information content (AvgIpc) is 3.17. The molecular weight excluding hydrogens is 338 g/mol. The summed E-state index contributed by atoms with van der Waals surface area (Å²) in [5.41, 5.74) is 6.19. The predicted octanol–water partition coefficient (Wildman–Crippen LogP) is 2.97. The molecule has 3 aliphatic rings. The highest BCUT2D eigenvalue weighted by Gasteiger charge is 2.23. The molecule has 1 aromatic carbocycles. The molecule has 136 valence electrons. The van der Waals surface area contributed by atoms with E-state index in [0.29, 0.717) is 12.2 Å². The molecular formula is C20H21N7. The Bertz CT molecular complexity index is 1180. The van der Waals surface area contributed by atoms with Gasteiger partial charge in [-0.1, -0.05) is 6.07 Å². The minimum atomic E-state index is 0.547. The van der Waals surface area contributed by atoms with Gasteiger partial charge in [-0.3, -0.25) is 5.10 Å². The van der Waals surface area contributed by atoms with Gasteiger partial charge < -0.3 is 9.88 Å². The van der Waals surface area contributed by atoms with Crippen molar-refractivity contribution in [3.8, 4) is 22.5 Å². The zero-order valence-electron chi connectivity index (χ0n) is 15.5. The quantitative estimate of drug-likeness (QED) is 0.576. The molecule has 7 nitrogen and oxygen atoms in total. The lowest BCUT2D eigenvalue weighted by Crippen LogP contribution is -2.25. The highest BCUT2D eigenvalue weighted by Crippen LogP contribution is 2.40. The van der Waals surface area contributed by atoms with E-state index >= 15 is 0 Å². The average molecular weight is 359 g/mol. The van der Waals surface area contributed by atoms with Crippen LogP contribution in [0.1, 0.15) is 18.9 Å². The first-order valence-corrected chi connectivity index (χ1v) is 9.34. The Labute approximate surface area is 156 Å². The number of H-pyrrole nitrogens is 1. The second-order valence-corrected chi connectivity index (χ2v) is 6.85. The lowest BCUT2D eigenvalue weighted by Gasteiger charge is -2.28. The van der Waals surface area contributed by atoms with Crippen molar-refractivity contribution in [1.29, 1.82) is 0 Å². The van der Waals surface area contributed by atoms with Crippen molar-refractivity contribution in [2.45, 2.75) is 26.8 Å². The Morgan fingerprint density at radius 1 is 1.26 bits per heavy atom. The summed E-state index contributed by atoms with van der Waals surface area (Å²) in [7, 11) is 0. The molecule has 0 saturated carbocycles. The zero-order chi connectivity index (χ0) is 18.4. The Morgan fingerprint density at radius 2 is 2.19 bits per heavy atom. The maximum Gasteiger partial charge on any atom is 0.246 e. The van der Waals surface area contributed by atoms with Gasteiger partial charge in [0.05, 0.1) is 11.7 Å². The second kappa shape index (κ2) is 6.19. The molecule has 0 unspecified atom stereocenters. The SMILES string of the molecule is CCN=c1ncc2cc(-c3c(C)ccc4[nH]ncc34)c3n(c-2n1)CCCN3. The van der Waals surface area contributed by atoms with Crippen LogP contribution in [0.3, 0.4) is 0 Å². The molecule has 0 aliphatic carbocycles. The number of hydrogen-bond donors (Lipinski definition) is 2. The number of nitrogens with one attached hydrogen (secondary N) is 2. The standard InChI is InChI=1S/C20H21N7/c1-3-21-20-23-10-13-9-14(19-22-7-4-8-27(19)18(13)25-20)17-12(2)5-6-16-15(17)11-24-26-16/h5-6,9-11,22H,3-4,7-8H2,1-2H3,(H,24,26). The first kappa shape index (κ1) is 16.0. The molecule has 0 spiro atoms. The molecule has 5 rings (SSSR count). The van der Waals surface area contributed by atoms with E-state index in [4.69, 9.17) is 4.98 Å². The van der Waals surface area contributed by atoms with Crippen LogP contribution in [0.15, 0.2) is 35.6 Å². The topological polar surface area (TPSA) is 83.8 Å². The molecule has 27 heavy (non-hydrogen) atoms. The van der Waals surface area contributed by atoms with Gasteiger partial charge in [0.2, 0.25) is 5.62 Å². The van der Waals surface area contributed by atoms with Crippen molar-refractivity contribution in [2.75, 3.05) is 18.4 Å². The first-order valence-electron chi connectivity index (χ1n) is 9.34. The Kier molecular flexibility index (Phi) is 3.67. The summed E-state index contributed by atoms with van der Waals surface area (Å²) < 4.78 is 2.27. The molecule has 0 saturated heterocycles. The number of aromatic nitrogens is 5. The fourth-order valence-corrected chi connectivity index (χ4v) is 3.91. The van der Waals surface area contributed by atoms with Gasteiger partial charge in [-0.05, 0) is 43.5 Å². The van der Waals surface area contributed by atoms with Gasteiger partial charge in [-0.25, -0.2) is 9.98 Å². The Hall–Kier alpha value is -3.22. The third-order valence-electron chi connectivity index (χ3n) is 5.12. The second-order valence-electron chi connectivity index (χ2n) is 6.85. The normalized spacial score (nSPS) is 14.5. The lowest BCUT2D eigenvalue weighted by atomic mass is 9.95. The molecule has 0 bridgehead atoms. The van der Waals surface area contributed by atoms with E-state index in [1.807, 2.05) is 19.3 Å². The summed E-state index contributed by atoms with van der Waals surface area (Å²) >= 11 is 0. The van der Waals surface area contributed by atoms with Crippen LogP contribution < -0.4 is 10.9 Å². The van der Waals surface area contributed by atoms with Gasteiger partial charge in [0.25, 0.3) is 0 Å². The van der Waals surface area contributed by atoms with Crippen LogP contribution in [-0.4, -0.2) is 37.8 Å². The van der Waals surface area contributed by atoms with Crippen LogP contribution in [0.2, 0.25) is 0 Å². The van der Waals surface area contributed by atoms with E-state index in [-0.39, 0.29) is 0 Å². The van der Waals surface area contributed by atoms with Crippen molar-refractivity contribution < 1.29 is 0 Å². The van der Waals surface area contributed by atoms with Crippen molar-refractivity contribution in [2.24, 2.45) is 4.99 Å². The fraction of sp³-hybridized carbons (Fsp3) is 0.300. The molecule has 4 heterocycles. The predicted molar refractivity (Wildman–Crippen MR) is 106 cm³/mol. The van der Waals surface area contributed by atoms with E-state index in [9.17, 15) is 0 Å². The molecule has 0 radical (unpaired) electrons. The van der Waals surface area contributed by atoms with E-state index < -0.39 is 0 Å². The molecule has 0 fully saturated rings. The van der Waals surface area contributed by atoms with Crippen LogP contribution in [0.5, 0.6) is 0 Å². The zero-order valence-corrected chi connectivity index (χ0v) is 15.5. The third kappa shape index (κ3) is 2.50. The van der Waals surface area contributed by atoms with Crippen LogP contribution >= 0.6 is 0 Å². The van der Waals surface area contributed by atoms with Crippen LogP contribution in [0, 0.1) is 6.92 Å². The molecule has 3 aliphatic heterocycles. The number of aromatic amines is 1. The van der Waals surface area contributed by atoms with Crippen LogP contribution in [0.25, 0.3) is 33.4 Å². The number of anilines is 1. The Morgan fingerprint density at radius 3 is 3.07 bits per heavy atom. The van der Waals surface area contributed by atoms with Crippen LogP contribution in [-0.2, 0) is 6.54 Å². The molecule has 1 aromatic heterocycles. The van der Waals surface area contributed by atoms with Gasteiger partial charge in [0, 0.05) is 42.3 Å². The minimum absolute atomic E-state index is 0.547. The van der Waals surface area contributed by atoms with E-state index in [1.54, 1.807) is 0 Å². The van der Waals surface area contributed by atoms with Crippen molar-refractivity contribution >= 4 is 16.7 Å². The fourth-order valence-electron chi connectivity index (χ4n) is 3.91. The molecule has 0 amide bonds. The number of fused-ring (bicyclic) bond motifs is 4. The number of aryl methyl sites for hydroxylation is 1. The number of nitrogens with zero attached hydrogens (tertiary/aromatic N) is 5. The van der Waals surface area contributed by atoms with E-state index in [1.165, 1.54) is 11.1 Å². The van der Waals surface area contributed by atoms with Gasteiger partial charge >= 0.3 is 0 Å². The number of benzene rings is 1. The summed E-state index contributed by atoms with van der Waals surface area (Å²) in [6.45, 7) is 6.70. The molecule has 2 aromatic rings. The highest BCUT2D eigenvalue weighted by molar-refractivity contribution is 6.00. The van der Waals surface area contributed by atoms with Crippen molar-refractivity contribution in [1.82, 2.24) is 24.7 Å². The van der Waals surface area contributed by atoms with E-state index in [2.05, 4.69) is 55.2 Å². The summed E-state index contributed by atoms with van der Waals surface area (Å²) in [5, 5.41) is 12.1. The van der Waals surface area contributed by atoms with Gasteiger partial charge in [0.15, 0.2) is 0 Å². The lowest BCUT2D eigenvalue weighted by molar-refractivity contribution is 0.620. The third-order valence-corrected chi connectivity index (χ3v) is 5.12. The minimum Gasteiger partial charge on any atom is -0.371 e. The highest BCUT2D eigenvalue weighted by atomic mass is 15.2. The largest absolute Gasteiger partial charge is 0.371 e. The monoisotopic (exact) mass is 359 g/mol. The smallest absolute Gasteiger partial charge is 0.246 e. The van der Waals surface area contributed by atoms with Crippen molar-refractivity contribution in [3.63, 3.8) is 0 Å². The molecule has 0 atom stereocenters. The summed E-state index contributed by atoms with van der Waals surface area (Å²) in [4.78, 5) is 13.5. The number of hydrogen-bond acceptors (Lipinski definition) is 5. The summed E-state index contributed by atoms with van der Waals surface area (Å²) in [5.74, 6) is 2.03. The number of rotatable bonds is 2. The van der Waals surface area contributed by atoms with Crippen molar-refractivity contribution in [3.05, 3.63) is 41.8 Å². The van der Waals surface area contributed by atoms with Crippen LogP contribution in [0.4, 0.5) is 5.82 Å². The maximum absolute atomic E-state index is 4.71. The summed E-state index contributed by atoms with van der Waals surface area (Å²) in [6.07, 6.45) is 4.85. The summed E-state index contributed by atoms with van der Waals surface area (Å²) in [6, 6.07) is 6.40. The first-order chi connectivity index (χ1) is 13.3. The number of pyridine rings is 1. The van der Waals surface area contributed by atoms with Gasteiger partial charge in [-0.2, -0.15) is 10.1 Å². The molecule has 2 N–H and O–H groups in total. The Balaban J connectivity index is 1.87. The van der Waals surface area contributed by atoms with Gasteiger partial charge in [0.1, 0.15) is 11.6 Å². The van der Waals surface area contributed by atoms with E-state index in [0.717, 1.165) is 53.2 Å². The molecule has 7 heteroatoms.